The average Bonchev–Trinajstić information content (AvgIpc) is 3.54. The number of fused-ring (bicyclic) bond motifs is 2. The first-order valence-electron chi connectivity index (χ1n) is 16.9. The number of phenols is 1. The monoisotopic (exact) mass is 684 g/mol. The molecule has 4 aliphatic rings. The number of ether oxygens (including phenoxy) is 2. The molecule has 7 rings (SSSR count). The molecule has 0 bridgehead atoms. The lowest BCUT2D eigenvalue weighted by Gasteiger charge is -2.33. The smallest absolute Gasteiger partial charge is 0.410 e. The van der Waals surface area contributed by atoms with E-state index in [2.05, 4.69) is 14.9 Å². The van der Waals surface area contributed by atoms with Gasteiger partial charge in [-0.3, -0.25) is 9.88 Å². The van der Waals surface area contributed by atoms with E-state index in [9.17, 15) is 14.3 Å². The predicted molar refractivity (Wildman–Crippen MR) is 179 cm³/mol. The van der Waals surface area contributed by atoms with Gasteiger partial charge in [-0.15, -0.1) is 0 Å². The molecular weight excluding hydrogens is 642 g/mol. The fourth-order valence-corrected chi connectivity index (χ4v) is 8.32. The van der Waals surface area contributed by atoms with Crippen molar-refractivity contribution in [3.63, 3.8) is 0 Å². The van der Waals surface area contributed by atoms with Gasteiger partial charge in [0.25, 0.3) is 0 Å². The van der Waals surface area contributed by atoms with Gasteiger partial charge in [-0.1, -0.05) is 11.6 Å². The Labute approximate surface area is 284 Å². The van der Waals surface area contributed by atoms with E-state index < -0.39 is 23.1 Å². The molecule has 10 nitrogen and oxygen atoms in total. The number of phenolic OH excluding ortho intramolecular Hbond substituents is 1. The highest BCUT2D eigenvalue weighted by Gasteiger charge is 2.49. The number of carbonyl (C=O) groups excluding carboxylic acids is 1. The van der Waals surface area contributed by atoms with Crippen molar-refractivity contribution in [2.75, 3.05) is 38.2 Å². The summed E-state index contributed by atoms with van der Waals surface area (Å²) in [7, 11) is 1.86. The van der Waals surface area contributed by atoms with Gasteiger partial charge in [0, 0.05) is 43.3 Å². The average molecular weight is 685 g/mol. The number of amides is 1. The summed E-state index contributed by atoms with van der Waals surface area (Å²) >= 11 is 6.57. The minimum absolute atomic E-state index is 0.0123. The van der Waals surface area contributed by atoms with Crippen molar-refractivity contribution >= 4 is 34.4 Å². The minimum atomic E-state index is -0.925. The van der Waals surface area contributed by atoms with Crippen molar-refractivity contribution in [3.05, 3.63) is 34.7 Å². The normalized spacial score (nSPS) is 25.9. The van der Waals surface area contributed by atoms with Crippen LogP contribution in [-0.2, 0) is 4.74 Å². The highest BCUT2D eigenvalue weighted by Crippen LogP contribution is 2.49. The second-order valence-corrected chi connectivity index (χ2v) is 15.3. The van der Waals surface area contributed by atoms with E-state index in [-0.39, 0.29) is 53.7 Å². The van der Waals surface area contributed by atoms with Crippen LogP contribution in [0.15, 0.2) is 18.3 Å². The van der Waals surface area contributed by atoms with Crippen LogP contribution in [0.2, 0.25) is 5.02 Å². The zero-order chi connectivity index (χ0) is 34.1. The van der Waals surface area contributed by atoms with Crippen LogP contribution in [0.1, 0.15) is 77.7 Å². The largest absolute Gasteiger partial charge is 0.508 e. The SMILES string of the molecule is CC1C(N(C)c2nc(OC[C@@]34CCCN3C[C@H](F)C4)nc3c(F)c(-c4cc(O)cc(Cl)c4C4CC4)ncc23)CCN1C(=O)OC(C)(C)C. The van der Waals surface area contributed by atoms with Crippen molar-refractivity contribution in [2.24, 2.45) is 0 Å². The van der Waals surface area contributed by atoms with E-state index in [0.29, 0.717) is 47.7 Å². The Balaban J connectivity index is 1.29. The van der Waals surface area contributed by atoms with Gasteiger partial charge in [0.1, 0.15) is 41.2 Å². The van der Waals surface area contributed by atoms with Gasteiger partial charge in [-0.05, 0) is 90.0 Å². The third kappa shape index (κ3) is 5.99. The quantitative estimate of drug-likeness (QED) is 0.286. The summed E-state index contributed by atoms with van der Waals surface area (Å²) in [6.07, 6.45) is 4.83. The molecule has 0 radical (unpaired) electrons. The van der Waals surface area contributed by atoms with Gasteiger partial charge in [0.15, 0.2) is 5.82 Å². The molecule has 13 heteroatoms. The molecule has 1 aliphatic carbocycles. The van der Waals surface area contributed by atoms with E-state index in [1.807, 2.05) is 39.6 Å². The van der Waals surface area contributed by atoms with E-state index in [1.165, 1.54) is 12.1 Å². The Morgan fingerprint density at radius 1 is 1.21 bits per heavy atom. The Kier molecular flexibility index (Phi) is 8.33. The molecule has 3 saturated heterocycles. The first kappa shape index (κ1) is 33.0. The Morgan fingerprint density at radius 2 is 1.98 bits per heavy atom. The molecule has 0 spiro atoms. The van der Waals surface area contributed by atoms with Gasteiger partial charge in [0.2, 0.25) is 0 Å². The molecule has 4 fully saturated rings. The number of rotatable bonds is 7. The van der Waals surface area contributed by atoms with Crippen LogP contribution < -0.4 is 9.64 Å². The third-order valence-corrected chi connectivity index (χ3v) is 10.7. The molecule has 258 valence electrons. The van der Waals surface area contributed by atoms with Crippen LogP contribution in [0.3, 0.4) is 0 Å². The van der Waals surface area contributed by atoms with Gasteiger partial charge >= 0.3 is 12.1 Å². The summed E-state index contributed by atoms with van der Waals surface area (Å²) in [6, 6.07) is 2.53. The van der Waals surface area contributed by atoms with Crippen LogP contribution in [0.5, 0.6) is 11.8 Å². The summed E-state index contributed by atoms with van der Waals surface area (Å²) in [6.45, 7) is 9.32. The van der Waals surface area contributed by atoms with Gasteiger partial charge in [-0.25, -0.2) is 13.6 Å². The molecule has 2 unspecified atom stereocenters. The summed E-state index contributed by atoms with van der Waals surface area (Å²) < 4.78 is 43.3. The Bertz CT molecular complexity index is 1750. The standard InChI is InChI=1S/C35H43ClF2N6O4/c1-19-26(9-12-44(19)33(46)48-34(2,3)4)42(5)31-24-16-39-29(23-13-22(45)14-25(36)27(23)20-7-8-20)28(38)30(24)40-32(41-31)47-18-35-10-6-11-43(35)17-21(37)15-35/h13-14,16,19-21,26,45H,6-12,15,17-18H2,1-5H3/t19?,21-,26?,35+/m1/s1. The number of hydrogen-bond acceptors (Lipinski definition) is 9. The minimum Gasteiger partial charge on any atom is -0.508 e. The lowest BCUT2D eigenvalue weighted by molar-refractivity contribution is 0.0233. The Hall–Kier alpha value is -3.51. The second kappa shape index (κ2) is 12.1. The zero-order valence-electron chi connectivity index (χ0n) is 28.1. The number of aromatic hydroxyl groups is 1. The maximum absolute atomic E-state index is 16.8. The molecule has 1 saturated carbocycles. The van der Waals surface area contributed by atoms with E-state index in [1.54, 1.807) is 11.1 Å². The fourth-order valence-electron chi connectivity index (χ4n) is 7.95. The number of anilines is 1. The summed E-state index contributed by atoms with van der Waals surface area (Å²) in [4.78, 5) is 32.8. The Morgan fingerprint density at radius 3 is 2.71 bits per heavy atom. The van der Waals surface area contributed by atoms with Crippen LogP contribution in [0.4, 0.5) is 19.4 Å². The maximum atomic E-state index is 16.8. The third-order valence-electron chi connectivity index (χ3n) is 10.4. The number of halogens is 3. The van der Waals surface area contributed by atoms with Crippen LogP contribution in [0, 0.1) is 5.82 Å². The topological polar surface area (TPSA) is 104 Å². The zero-order valence-corrected chi connectivity index (χ0v) is 28.9. The summed E-state index contributed by atoms with van der Waals surface area (Å²) in [5.41, 5.74) is 0.145. The van der Waals surface area contributed by atoms with Crippen molar-refractivity contribution in [1.82, 2.24) is 24.8 Å². The number of likely N-dealkylation sites (tertiary alicyclic amines) is 1. The van der Waals surface area contributed by atoms with Crippen LogP contribution in [0.25, 0.3) is 22.2 Å². The van der Waals surface area contributed by atoms with E-state index >= 15 is 4.39 Å². The van der Waals surface area contributed by atoms with Crippen LogP contribution in [-0.4, -0.2) is 98.6 Å². The molecule has 3 aromatic rings. The fraction of sp³-hybridized carbons (Fsp3) is 0.600. The summed E-state index contributed by atoms with van der Waals surface area (Å²) in [5.74, 6) is -0.200. The molecule has 4 atom stereocenters. The van der Waals surface area contributed by atoms with Gasteiger partial charge in [0.05, 0.1) is 23.0 Å². The molecule has 2 aromatic heterocycles. The van der Waals surface area contributed by atoms with E-state index in [0.717, 1.165) is 37.8 Å². The first-order valence-corrected chi connectivity index (χ1v) is 17.3. The maximum Gasteiger partial charge on any atom is 0.410 e. The molecule has 3 aliphatic heterocycles. The second-order valence-electron chi connectivity index (χ2n) is 14.9. The number of hydrogen-bond donors (Lipinski definition) is 1. The van der Waals surface area contributed by atoms with E-state index in [4.69, 9.17) is 26.1 Å². The van der Waals surface area contributed by atoms with Crippen LogP contribution >= 0.6 is 11.6 Å². The van der Waals surface area contributed by atoms with Crippen molar-refractivity contribution in [2.45, 2.75) is 102 Å². The number of likely N-dealkylation sites (N-methyl/N-ethyl adjacent to an activating group) is 1. The highest BCUT2D eigenvalue weighted by atomic mass is 35.5. The number of carbonyl (C=O) groups is 1. The molecule has 48 heavy (non-hydrogen) atoms. The molecule has 1 amide bonds. The van der Waals surface area contributed by atoms with Crippen molar-refractivity contribution in [3.8, 4) is 23.0 Å². The highest BCUT2D eigenvalue weighted by molar-refractivity contribution is 6.32. The number of benzene rings is 1. The molecule has 1 N–H and O–H groups in total. The van der Waals surface area contributed by atoms with Crippen molar-refractivity contribution < 1.29 is 28.2 Å². The number of nitrogens with zero attached hydrogens (tertiary/aromatic N) is 6. The number of alkyl halides is 1. The predicted octanol–water partition coefficient (Wildman–Crippen LogP) is 6.86. The van der Waals surface area contributed by atoms with Gasteiger partial charge < -0.3 is 24.4 Å². The molecule has 5 heterocycles. The first-order chi connectivity index (χ1) is 22.7. The summed E-state index contributed by atoms with van der Waals surface area (Å²) in [5, 5.41) is 11.2. The molecule has 1 aromatic carbocycles. The lowest BCUT2D eigenvalue weighted by Crippen LogP contribution is -2.45. The number of pyridine rings is 1. The lowest BCUT2D eigenvalue weighted by atomic mass is 9.95. The van der Waals surface area contributed by atoms with Gasteiger partial charge in [-0.2, -0.15) is 9.97 Å². The number of aromatic nitrogens is 3. The van der Waals surface area contributed by atoms with Crippen molar-refractivity contribution in [1.29, 1.82) is 0 Å². The molecular formula is C35H43ClF2N6O4.